The van der Waals surface area contributed by atoms with Crippen LogP contribution < -0.4 is 10.7 Å². The summed E-state index contributed by atoms with van der Waals surface area (Å²) in [5.74, 6) is -0.252. The van der Waals surface area contributed by atoms with Gasteiger partial charge in [0.2, 0.25) is 0 Å². The van der Waals surface area contributed by atoms with Crippen LogP contribution in [0, 0.1) is 0 Å². The third-order valence-electron chi connectivity index (χ3n) is 2.67. The molecular formula is C15H12Br2ClN3O. The highest BCUT2D eigenvalue weighted by atomic mass is 79.9. The fourth-order valence-electron chi connectivity index (χ4n) is 1.60. The molecule has 0 heterocycles. The van der Waals surface area contributed by atoms with E-state index in [4.69, 9.17) is 11.6 Å². The normalized spacial score (nSPS) is 10.7. The van der Waals surface area contributed by atoms with Gasteiger partial charge in [0.25, 0.3) is 5.91 Å². The molecule has 2 aromatic rings. The van der Waals surface area contributed by atoms with Crippen molar-refractivity contribution in [2.45, 2.75) is 0 Å². The smallest absolute Gasteiger partial charge is 0.259 e. The summed E-state index contributed by atoms with van der Waals surface area (Å²) in [6.45, 7) is 0.111. The summed E-state index contributed by atoms with van der Waals surface area (Å²) < 4.78 is 1.83. The summed E-state index contributed by atoms with van der Waals surface area (Å²) in [6.07, 6.45) is 1.51. The van der Waals surface area contributed by atoms with Crippen LogP contribution in [0.4, 0.5) is 5.69 Å². The van der Waals surface area contributed by atoms with Crippen LogP contribution in [0.15, 0.2) is 56.5 Å². The van der Waals surface area contributed by atoms with Crippen molar-refractivity contribution in [3.8, 4) is 0 Å². The number of rotatable bonds is 5. The third kappa shape index (κ3) is 5.12. The maximum Gasteiger partial charge on any atom is 0.259 e. The summed E-state index contributed by atoms with van der Waals surface area (Å²) in [6, 6.07) is 12.9. The van der Waals surface area contributed by atoms with Gasteiger partial charge in [-0.1, -0.05) is 45.7 Å². The largest absolute Gasteiger partial charge is 0.375 e. The van der Waals surface area contributed by atoms with Crippen molar-refractivity contribution < 1.29 is 4.79 Å². The van der Waals surface area contributed by atoms with Crippen molar-refractivity contribution in [1.82, 2.24) is 5.43 Å². The molecule has 4 nitrogen and oxygen atoms in total. The quantitative estimate of drug-likeness (QED) is 0.529. The van der Waals surface area contributed by atoms with Crippen molar-refractivity contribution >= 4 is 61.3 Å². The van der Waals surface area contributed by atoms with Gasteiger partial charge < -0.3 is 5.32 Å². The molecular weight excluding hydrogens is 433 g/mol. The molecule has 0 aliphatic rings. The van der Waals surface area contributed by atoms with Gasteiger partial charge in [-0.25, -0.2) is 5.43 Å². The highest BCUT2D eigenvalue weighted by Gasteiger charge is 2.03. The minimum Gasteiger partial charge on any atom is -0.375 e. The van der Waals surface area contributed by atoms with Gasteiger partial charge in [0.1, 0.15) is 0 Å². The molecule has 0 atom stereocenters. The van der Waals surface area contributed by atoms with Crippen LogP contribution in [-0.2, 0) is 4.79 Å². The first kappa shape index (κ1) is 17.0. The van der Waals surface area contributed by atoms with E-state index < -0.39 is 0 Å². The monoisotopic (exact) mass is 443 g/mol. The van der Waals surface area contributed by atoms with E-state index in [1.54, 1.807) is 6.07 Å². The van der Waals surface area contributed by atoms with E-state index in [0.29, 0.717) is 5.02 Å². The molecule has 0 fully saturated rings. The fourth-order valence-corrected chi connectivity index (χ4v) is 2.97. The number of anilines is 1. The zero-order valence-electron chi connectivity index (χ0n) is 11.3. The number of hydrazone groups is 1. The molecule has 2 rings (SSSR count). The van der Waals surface area contributed by atoms with E-state index in [-0.39, 0.29) is 12.5 Å². The third-order valence-corrected chi connectivity index (χ3v) is 4.16. The standard InChI is InChI=1S/C15H12Br2ClN3O/c16-11-5-6-14(12(17)7-11)19-9-15(22)21-20-8-10-3-1-2-4-13(10)18/h1-8,19H,9H2,(H,21,22)/b20-8-. The summed E-state index contributed by atoms with van der Waals surface area (Å²) in [5, 5.41) is 7.48. The maximum absolute atomic E-state index is 11.7. The van der Waals surface area contributed by atoms with Crippen LogP contribution in [0.3, 0.4) is 0 Å². The van der Waals surface area contributed by atoms with Gasteiger partial charge in [0.15, 0.2) is 0 Å². The Balaban J connectivity index is 1.84. The van der Waals surface area contributed by atoms with Crippen molar-refractivity contribution in [2.75, 3.05) is 11.9 Å². The first-order valence-electron chi connectivity index (χ1n) is 6.31. The highest BCUT2D eigenvalue weighted by molar-refractivity contribution is 9.11. The van der Waals surface area contributed by atoms with Crippen LogP contribution >= 0.6 is 43.5 Å². The minimum absolute atomic E-state index is 0.111. The van der Waals surface area contributed by atoms with Gasteiger partial charge in [-0.05, 0) is 40.2 Å². The lowest BCUT2D eigenvalue weighted by atomic mass is 10.2. The Morgan fingerprint density at radius 2 is 2.00 bits per heavy atom. The molecule has 0 spiro atoms. The molecule has 0 aliphatic heterocycles. The molecule has 2 N–H and O–H groups in total. The van der Waals surface area contributed by atoms with Crippen LogP contribution in [-0.4, -0.2) is 18.7 Å². The Morgan fingerprint density at radius 1 is 1.23 bits per heavy atom. The van der Waals surface area contributed by atoms with Crippen molar-refractivity contribution in [1.29, 1.82) is 0 Å². The molecule has 2 aromatic carbocycles. The molecule has 0 unspecified atom stereocenters. The van der Waals surface area contributed by atoms with Crippen molar-refractivity contribution in [3.63, 3.8) is 0 Å². The minimum atomic E-state index is -0.252. The van der Waals surface area contributed by atoms with Gasteiger partial charge in [-0.2, -0.15) is 5.10 Å². The molecule has 0 radical (unpaired) electrons. The predicted molar refractivity (Wildman–Crippen MR) is 97.5 cm³/mol. The van der Waals surface area contributed by atoms with Gasteiger partial charge >= 0.3 is 0 Å². The van der Waals surface area contributed by atoms with E-state index in [9.17, 15) is 4.79 Å². The number of carbonyl (C=O) groups excluding carboxylic acids is 1. The number of carbonyl (C=O) groups is 1. The van der Waals surface area contributed by atoms with E-state index >= 15 is 0 Å². The average Bonchev–Trinajstić information content (AvgIpc) is 2.48. The first-order chi connectivity index (χ1) is 10.6. The van der Waals surface area contributed by atoms with Crippen molar-refractivity contribution in [3.05, 3.63) is 62.0 Å². The van der Waals surface area contributed by atoms with Crippen LogP contribution in [0.5, 0.6) is 0 Å². The molecule has 7 heteroatoms. The van der Waals surface area contributed by atoms with Gasteiger partial charge in [0.05, 0.1) is 12.8 Å². The Labute approximate surface area is 150 Å². The number of halogens is 3. The lowest BCUT2D eigenvalue weighted by Crippen LogP contribution is -2.26. The lowest BCUT2D eigenvalue weighted by molar-refractivity contribution is -0.119. The molecule has 0 bridgehead atoms. The van der Waals surface area contributed by atoms with E-state index in [0.717, 1.165) is 20.2 Å². The average molecular weight is 446 g/mol. The second-order valence-corrected chi connectivity index (χ2v) is 6.47. The lowest BCUT2D eigenvalue weighted by Gasteiger charge is -2.07. The Bertz CT molecular complexity index is 707. The molecule has 0 saturated heterocycles. The van der Waals surface area contributed by atoms with Crippen LogP contribution in [0.2, 0.25) is 5.02 Å². The summed E-state index contributed by atoms with van der Waals surface area (Å²) in [4.78, 5) is 11.7. The molecule has 0 aliphatic carbocycles. The molecule has 114 valence electrons. The maximum atomic E-state index is 11.7. The van der Waals surface area contributed by atoms with Gasteiger partial charge in [-0.3, -0.25) is 4.79 Å². The number of hydrogen-bond acceptors (Lipinski definition) is 3. The highest BCUT2D eigenvalue weighted by Crippen LogP contribution is 2.25. The number of nitrogens with zero attached hydrogens (tertiary/aromatic N) is 1. The Kier molecular flexibility index (Phi) is 6.42. The fraction of sp³-hybridized carbons (Fsp3) is 0.0667. The van der Waals surface area contributed by atoms with Crippen LogP contribution in [0.1, 0.15) is 5.56 Å². The van der Waals surface area contributed by atoms with E-state index in [1.807, 2.05) is 36.4 Å². The van der Waals surface area contributed by atoms with Gasteiger partial charge in [-0.15, -0.1) is 0 Å². The number of benzene rings is 2. The second kappa shape index (κ2) is 8.31. The van der Waals surface area contributed by atoms with E-state index in [2.05, 4.69) is 47.7 Å². The van der Waals surface area contributed by atoms with Crippen LogP contribution in [0.25, 0.3) is 0 Å². The summed E-state index contributed by atoms with van der Waals surface area (Å²) in [5.41, 5.74) is 4.02. The summed E-state index contributed by atoms with van der Waals surface area (Å²) in [7, 11) is 0. The zero-order valence-corrected chi connectivity index (χ0v) is 15.2. The number of amides is 1. The zero-order chi connectivity index (χ0) is 15.9. The van der Waals surface area contributed by atoms with Gasteiger partial charge in [0, 0.05) is 25.2 Å². The van der Waals surface area contributed by atoms with E-state index in [1.165, 1.54) is 6.21 Å². The number of hydrogen-bond donors (Lipinski definition) is 2. The number of nitrogens with one attached hydrogen (secondary N) is 2. The SMILES string of the molecule is O=C(CNc1ccc(Br)cc1Br)N/N=C\c1ccccc1Cl. The second-order valence-electron chi connectivity index (χ2n) is 4.29. The Morgan fingerprint density at radius 3 is 2.73 bits per heavy atom. The first-order valence-corrected chi connectivity index (χ1v) is 8.28. The topological polar surface area (TPSA) is 53.5 Å². The molecule has 22 heavy (non-hydrogen) atoms. The van der Waals surface area contributed by atoms with Crippen molar-refractivity contribution in [2.24, 2.45) is 5.10 Å². The summed E-state index contributed by atoms with van der Waals surface area (Å²) >= 11 is 12.8. The molecule has 0 saturated carbocycles. The Hall–Kier alpha value is -1.37. The molecule has 0 aromatic heterocycles. The molecule has 1 amide bonds. The predicted octanol–water partition coefficient (Wildman–Crippen LogP) is 4.43.